The number of β-amino-alcohol motifs (C(OH)–C–C–N with tert-alkyl or cyclic N) is 1. The van der Waals surface area contributed by atoms with Crippen molar-refractivity contribution in [2.45, 2.75) is 31.5 Å². The highest BCUT2D eigenvalue weighted by Crippen LogP contribution is 2.20. The molecule has 1 saturated heterocycles. The number of rotatable bonds is 5. The largest absolute Gasteiger partial charge is 0.391 e. The number of nitrogens with zero attached hydrogens (tertiary/aromatic N) is 3. The summed E-state index contributed by atoms with van der Waals surface area (Å²) < 4.78 is 1.62. The third-order valence-corrected chi connectivity index (χ3v) is 4.65. The average molecular weight is 377 g/mol. The maximum Gasteiger partial charge on any atom is 0.243 e. The van der Waals surface area contributed by atoms with Gasteiger partial charge < -0.3 is 15.3 Å². The molecule has 2 atom stereocenters. The highest BCUT2D eigenvalue weighted by molar-refractivity contribution is 6.30. The Morgan fingerprint density at radius 3 is 2.69 bits per heavy atom. The lowest BCUT2D eigenvalue weighted by atomic mass is 10.1. The quantitative estimate of drug-likeness (QED) is 0.811. The molecule has 2 heterocycles. The fourth-order valence-corrected chi connectivity index (χ4v) is 3.21. The van der Waals surface area contributed by atoms with Crippen LogP contribution in [0.25, 0.3) is 0 Å². The van der Waals surface area contributed by atoms with E-state index in [9.17, 15) is 14.7 Å². The second-order valence-corrected chi connectivity index (χ2v) is 6.93. The number of benzene rings is 1. The molecule has 1 aliphatic rings. The molecule has 1 aliphatic heterocycles. The number of aliphatic hydroxyl groups excluding tert-OH is 1. The van der Waals surface area contributed by atoms with Gasteiger partial charge in [-0.2, -0.15) is 5.10 Å². The Hall–Kier alpha value is -2.38. The molecule has 2 amide bonds. The van der Waals surface area contributed by atoms with Crippen molar-refractivity contribution in [2.24, 2.45) is 7.05 Å². The van der Waals surface area contributed by atoms with E-state index in [1.807, 2.05) is 12.1 Å². The monoisotopic (exact) mass is 376 g/mol. The maximum absolute atomic E-state index is 12.6. The minimum atomic E-state index is -0.695. The minimum absolute atomic E-state index is 0.154. The van der Waals surface area contributed by atoms with Gasteiger partial charge in [-0.15, -0.1) is 0 Å². The number of aromatic nitrogens is 2. The van der Waals surface area contributed by atoms with E-state index >= 15 is 0 Å². The first kappa shape index (κ1) is 18.4. The van der Waals surface area contributed by atoms with E-state index in [1.165, 1.54) is 4.90 Å². The van der Waals surface area contributed by atoms with Crippen LogP contribution in [0.2, 0.25) is 5.02 Å². The van der Waals surface area contributed by atoms with E-state index in [2.05, 4.69) is 10.4 Å². The Kier molecular flexibility index (Phi) is 5.58. The van der Waals surface area contributed by atoms with Crippen LogP contribution in [0.1, 0.15) is 17.5 Å². The van der Waals surface area contributed by atoms with Gasteiger partial charge in [-0.25, -0.2) is 0 Å². The fourth-order valence-electron chi connectivity index (χ4n) is 3.09. The SMILES string of the molecule is Cn1cc(CC(=O)N2CC(O)CC2C(=O)NCc2ccc(Cl)cc2)cn1. The van der Waals surface area contributed by atoms with E-state index in [1.54, 1.807) is 36.3 Å². The van der Waals surface area contributed by atoms with Crippen LogP contribution in [0.3, 0.4) is 0 Å². The van der Waals surface area contributed by atoms with Crippen molar-refractivity contribution < 1.29 is 14.7 Å². The lowest BCUT2D eigenvalue weighted by Crippen LogP contribution is -2.46. The molecule has 8 heteroatoms. The van der Waals surface area contributed by atoms with Crippen LogP contribution in [-0.2, 0) is 29.6 Å². The molecule has 26 heavy (non-hydrogen) atoms. The Morgan fingerprint density at radius 1 is 1.31 bits per heavy atom. The first-order valence-electron chi connectivity index (χ1n) is 8.39. The average Bonchev–Trinajstić information content (AvgIpc) is 3.19. The van der Waals surface area contributed by atoms with Gasteiger partial charge in [-0.3, -0.25) is 14.3 Å². The van der Waals surface area contributed by atoms with Crippen molar-refractivity contribution in [3.8, 4) is 0 Å². The summed E-state index contributed by atoms with van der Waals surface area (Å²) in [5, 5.41) is 17.5. The summed E-state index contributed by atoms with van der Waals surface area (Å²) in [6.45, 7) is 0.505. The smallest absolute Gasteiger partial charge is 0.243 e. The number of nitrogens with one attached hydrogen (secondary N) is 1. The molecular weight excluding hydrogens is 356 g/mol. The molecule has 0 aliphatic carbocycles. The van der Waals surface area contributed by atoms with E-state index in [4.69, 9.17) is 11.6 Å². The number of carbonyl (C=O) groups excluding carboxylic acids is 2. The number of likely N-dealkylation sites (tertiary alicyclic amines) is 1. The molecular formula is C18H21ClN4O3. The zero-order chi connectivity index (χ0) is 18.7. The topological polar surface area (TPSA) is 87.5 Å². The molecule has 2 aromatic rings. The zero-order valence-corrected chi connectivity index (χ0v) is 15.2. The van der Waals surface area contributed by atoms with Crippen LogP contribution in [0.15, 0.2) is 36.7 Å². The van der Waals surface area contributed by atoms with Crippen molar-refractivity contribution in [3.05, 3.63) is 52.8 Å². The number of carbonyl (C=O) groups is 2. The number of aliphatic hydroxyl groups is 1. The lowest BCUT2D eigenvalue weighted by molar-refractivity contribution is -0.138. The molecule has 0 radical (unpaired) electrons. The molecule has 3 rings (SSSR count). The van der Waals surface area contributed by atoms with Crippen LogP contribution in [0.5, 0.6) is 0 Å². The van der Waals surface area contributed by atoms with Crippen LogP contribution in [-0.4, -0.2) is 50.3 Å². The van der Waals surface area contributed by atoms with Crippen LogP contribution >= 0.6 is 11.6 Å². The number of halogens is 1. The van der Waals surface area contributed by atoms with Gasteiger partial charge in [-0.05, 0) is 23.3 Å². The summed E-state index contributed by atoms with van der Waals surface area (Å²) in [6.07, 6.45) is 3.09. The van der Waals surface area contributed by atoms with Gasteiger partial charge in [0.25, 0.3) is 0 Å². The Balaban J connectivity index is 1.61. The zero-order valence-electron chi connectivity index (χ0n) is 14.4. The highest BCUT2D eigenvalue weighted by Gasteiger charge is 2.38. The predicted molar refractivity (Wildman–Crippen MR) is 96.3 cm³/mol. The van der Waals surface area contributed by atoms with Gasteiger partial charge in [0.15, 0.2) is 0 Å². The molecule has 1 aromatic heterocycles. The molecule has 0 bridgehead atoms. The third-order valence-electron chi connectivity index (χ3n) is 4.40. The van der Waals surface area contributed by atoms with Gasteiger partial charge in [0.2, 0.25) is 11.8 Å². The number of hydrogen-bond acceptors (Lipinski definition) is 4. The Labute approximate surface area is 156 Å². The van der Waals surface area contributed by atoms with Gasteiger partial charge in [0, 0.05) is 37.8 Å². The second kappa shape index (κ2) is 7.88. The van der Waals surface area contributed by atoms with Crippen molar-refractivity contribution in [2.75, 3.05) is 6.54 Å². The molecule has 1 aromatic carbocycles. The third kappa shape index (κ3) is 4.42. The molecule has 0 saturated carbocycles. The normalized spacial score (nSPS) is 19.6. The molecule has 7 nitrogen and oxygen atoms in total. The van der Waals surface area contributed by atoms with E-state index in [0.717, 1.165) is 11.1 Å². The maximum atomic E-state index is 12.6. The van der Waals surface area contributed by atoms with Crippen LogP contribution < -0.4 is 5.32 Å². The summed E-state index contributed by atoms with van der Waals surface area (Å²) in [5.74, 6) is -0.461. The van der Waals surface area contributed by atoms with Gasteiger partial charge in [0.1, 0.15) is 6.04 Å². The molecule has 138 valence electrons. The van der Waals surface area contributed by atoms with Gasteiger partial charge in [-0.1, -0.05) is 23.7 Å². The Bertz CT molecular complexity index is 790. The molecule has 2 unspecified atom stereocenters. The Morgan fingerprint density at radius 2 is 2.04 bits per heavy atom. The predicted octanol–water partition coefficient (Wildman–Crippen LogP) is 0.894. The lowest BCUT2D eigenvalue weighted by Gasteiger charge is -2.23. The van der Waals surface area contributed by atoms with E-state index in [-0.39, 0.29) is 31.2 Å². The summed E-state index contributed by atoms with van der Waals surface area (Å²) in [4.78, 5) is 26.6. The van der Waals surface area contributed by atoms with Crippen molar-refractivity contribution in [1.82, 2.24) is 20.0 Å². The number of hydrogen-bond donors (Lipinski definition) is 2. The van der Waals surface area contributed by atoms with Crippen molar-refractivity contribution >= 4 is 23.4 Å². The number of amides is 2. The van der Waals surface area contributed by atoms with E-state index in [0.29, 0.717) is 11.6 Å². The van der Waals surface area contributed by atoms with Gasteiger partial charge in [0.05, 0.1) is 18.7 Å². The van der Waals surface area contributed by atoms with Crippen molar-refractivity contribution in [3.63, 3.8) is 0 Å². The minimum Gasteiger partial charge on any atom is -0.391 e. The summed E-state index contributed by atoms with van der Waals surface area (Å²) in [7, 11) is 1.78. The summed E-state index contributed by atoms with van der Waals surface area (Å²) in [5.41, 5.74) is 1.69. The molecule has 1 fully saturated rings. The summed E-state index contributed by atoms with van der Waals surface area (Å²) >= 11 is 5.85. The molecule has 0 spiro atoms. The van der Waals surface area contributed by atoms with Crippen molar-refractivity contribution in [1.29, 1.82) is 0 Å². The first-order chi connectivity index (χ1) is 12.4. The number of aryl methyl sites for hydroxylation is 1. The molecule has 2 N–H and O–H groups in total. The highest BCUT2D eigenvalue weighted by atomic mass is 35.5. The van der Waals surface area contributed by atoms with E-state index < -0.39 is 12.1 Å². The fraction of sp³-hybridized carbons (Fsp3) is 0.389. The van der Waals surface area contributed by atoms with Crippen LogP contribution in [0, 0.1) is 0 Å². The standard InChI is InChI=1S/C18H21ClN4O3/c1-22-10-13(9-21-22)6-17(25)23-11-15(24)7-16(23)18(26)20-8-12-2-4-14(19)5-3-12/h2-5,9-10,15-16,24H,6-8,11H2,1H3,(H,20,26). The van der Waals surface area contributed by atoms with Gasteiger partial charge >= 0.3 is 0 Å². The first-order valence-corrected chi connectivity index (χ1v) is 8.77. The summed E-state index contributed by atoms with van der Waals surface area (Å²) in [6, 6.07) is 6.51. The second-order valence-electron chi connectivity index (χ2n) is 6.49. The van der Waals surface area contributed by atoms with Crippen LogP contribution in [0.4, 0.5) is 0 Å².